The molecule has 0 aromatic heterocycles. The Morgan fingerprint density at radius 2 is 1.94 bits per heavy atom. The lowest BCUT2D eigenvalue weighted by atomic mass is 10.2. The van der Waals surface area contributed by atoms with Gasteiger partial charge in [-0.1, -0.05) is 30.0 Å². The smallest absolute Gasteiger partial charge is 0.275 e. The van der Waals surface area contributed by atoms with E-state index in [1.165, 1.54) is 47.4 Å². The zero-order valence-electron chi connectivity index (χ0n) is 16.2. The Hall–Kier alpha value is -3.66. The summed E-state index contributed by atoms with van der Waals surface area (Å²) in [5, 5.41) is 15.8. The van der Waals surface area contributed by atoms with Crippen LogP contribution in [0.1, 0.15) is 16.8 Å². The average molecular weight is 442 g/mol. The van der Waals surface area contributed by atoms with Crippen LogP contribution in [0.3, 0.4) is 0 Å². The van der Waals surface area contributed by atoms with Crippen LogP contribution in [0.4, 0.5) is 10.1 Å². The molecule has 0 aliphatic carbocycles. The fraction of sp³-hybridized carbons (Fsp3) is 0.143. The summed E-state index contributed by atoms with van der Waals surface area (Å²) in [6, 6.07) is 11.2. The number of phenolic OH excluding ortho intramolecular Hbond substituents is 1. The van der Waals surface area contributed by atoms with E-state index in [1.807, 2.05) is 0 Å². The molecule has 1 aliphatic rings. The topological polar surface area (TPSA) is 111 Å². The molecule has 0 bridgehead atoms. The Labute approximate surface area is 181 Å². The van der Waals surface area contributed by atoms with Crippen molar-refractivity contribution in [3.63, 3.8) is 0 Å². The molecule has 160 valence electrons. The van der Waals surface area contributed by atoms with Gasteiger partial charge in [-0.05, 0) is 36.4 Å². The van der Waals surface area contributed by atoms with Gasteiger partial charge in [0, 0.05) is 18.7 Å². The second-order valence-corrected chi connectivity index (χ2v) is 7.63. The molecule has 3 N–H and O–H groups in total. The van der Waals surface area contributed by atoms with Crippen LogP contribution in [0.2, 0.25) is 0 Å². The molecule has 1 unspecified atom stereocenters. The van der Waals surface area contributed by atoms with Crippen molar-refractivity contribution < 1.29 is 23.9 Å². The molecule has 10 heteroatoms. The molecular weight excluding hydrogens is 423 g/mol. The van der Waals surface area contributed by atoms with Crippen molar-refractivity contribution in [2.45, 2.75) is 11.7 Å². The van der Waals surface area contributed by atoms with Crippen molar-refractivity contribution in [1.29, 1.82) is 0 Å². The summed E-state index contributed by atoms with van der Waals surface area (Å²) in [6.07, 6.45) is 1.36. The molecule has 1 aliphatic heterocycles. The van der Waals surface area contributed by atoms with Crippen LogP contribution in [0.15, 0.2) is 66.3 Å². The number of hydrazone groups is 1. The minimum atomic E-state index is -0.749. The van der Waals surface area contributed by atoms with E-state index in [0.29, 0.717) is 5.69 Å². The highest BCUT2D eigenvalue weighted by atomic mass is 32.2. The summed E-state index contributed by atoms with van der Waals surface area (Å²) in [6.45, 7) is 3.75. The number of anilines is 1. The SMILES string of the molecule is C=CCN1C(=O)C(CC(=O)Nc2ccc(F)cc2)SC1=NNC(=O)c1ccccc1O. The molecule has 1 atom stereocenters. The zero-order valence-corrected chi connectivity index (χ0v) is 17.1. The first-order valence-corrected chi connectivity index (χ1v) is 10.1. The predicted molar refractivity (Wildman–Crippen MR) is 116 cm³/mol. The van der Waals surface area contributed by atoms with Crippen LogP contribution in [-0.2, 0) is 9.59 Å². The molecule has 0 spiro atoms. The molecule has 8 nitrogen and oxygen atoms in total. The number of thioether (sulfide) groups is 1. The van der Waals surface area contributed by atoms with Crippen molar-refractivity contribution in [1.82, 2.24) is 10.3 Å². The number of nitrogens with one attached hydrogen (secondary N) is 2. The van der Waals surface area contributed by atoms with Gasteiger partial charge < -0.3 is 10.4 Å². The van der Waals surface area contributed by atoms with Crippen LogP contribution in [0.5, 0.6) is 5.75 Å². The Morgan fingerprint density at radius 1 is 1.23 bits per heavy atom. The standard InChI is InChI=1S/C21H19FN4O4S/c1-2-11-26-20(30)17(12-18(28)23-14-9-7-13(22)8-10-14)31-21(26)25-24-19(29)15-5-3-4-6-16(15)27/h2-10,17,27H,1,11-12H2,(H,23,28)(H,24,29). The Morgan fingerprint density at radius 3 is 2.61 bits per heavy atom. The molecule has 1 fully saturated rings. The summed E-state index contributed by atoms with van der Waals surface area (Å²) in [7, 11) is 0. The number of amides is 3. The maximum Gasteiger partial charge on any atom is 0.275 e. The summed E-state index contributed by atoms with van der Waals surface area (Å²) >= 11 is 1.03. The van der Waals surface area contributed by atoms with Gasteiger partial charge in [0.25, 0.3) is 5.91 Å². The number of carbonyl (C=O) groups excluding carboxylic acids is 3. The van der Waals surface area contributed by atoms with Gasteiger partial charge in [0.15, 0.2) is 5.17 Å². The van der Waals surface area contributed by atoms with Crippen LogP contribution >= 0.6 is 11.8 Å². The van der Waals surface area contributed by atoms with E-state index in [9.17, 15) is 23.9 Å². The number of para-hydroxylation sites is 1. The summed E-state index contributed by atoms with van der Waals surface area (Å²) in [4.78, 5) is 38.6. The van der Waals surface area contributed by atoms with Gasteiger partial charge in [-0.2, -0.15) is 0 Å². The van der Waals surface area contributed by atoms with Crippen LogP contribution in [-0.4, -0.2) is 44.7 Å². The Balaban J connectivity index is 1.67. The van der Waals surface area contributed by atoms with Gasteiger partial charge in [0.1, 0.15) is 16.8 Å². The number of nitrogens with zero attached hydrogens (tertiary/aromatic N) is 2. The van der Waals surface area contributed by atoms with Gasteiger partial charge in [-0.3, -0.25) is 19.3 Å². The lowest BCUT2D eigenvalue weighted by molar-refractivity contribution is -0.127. The van der Waals surface area contributed by atoms with Crippen molar-refractivity contribution in [3.8, 4) is 5.75 Å². The molecular formula is C21H19FN4O4S. The number of hydrogen-bond acceptors (Lipinski definition) is 6. The molecule has 2 aromatic carbocycles. The van der Waals surface area contributed by atoms with Crippen molar-refractivity contribution in [2.24, 2.45) is 5.10 Å². The summed E-state index contributed by atoms with van der Waals surface area (Å²) < 4.78 is 13.0. The molecule has 3 rings (SSSR count). The fourth-order valence-corrected chi connectivity index (χ4v) is 3.87. The second kappa shape index (κ2) is 9.90. The summed E-state index contributed by atoms with van der Waals surface area (Å²) in [5.74, 6) is -2.04. The highest BCUT2D eigenvalue weighted by Crippen LogP contribution is 2.29. The lowest BCUT2D eigenvalue weighted by Gasteiger charge is -2.13. The Bertz CT molecular complexity index is 1040. The fourth-order valence-electron chi connectivity index (χ4n) is 2.76. The van der Waals surface area contributed by atoms with Crippen LogP contribution in [0, 0.1) is 5.82 Å². The van der Waals surface area contributed by atoms with E-state index in [0.717, 1.165) is 11.8 Å². The second-order valence-electron chi connectivity index (χ2n) is 6.46. The number of aromatic hydroxyl groups is 1. The van der Waals surface area contributed by atoms with Crippen LogP contribution in [0.25, 0.3) is 0 Å². The third-order valence-electron chi connectivity index (χ3n) is 4.23. The van der Waals surface area contributed by atoms with Gasteiger partial charge in [-0.25, -0.2) is 9.82 Å². The lowest BCUT2D eigenvalue weighted by Crippen LogP contribution is -2.34. The van der Waals surface area contributed by atoms with Crippen molar-refractivity contribution >= 4 is 40.3 Å². The third-order valence-corrected chi connectivity index (χ3v) is 5.41. The first-order chi connectivity index (χ1) is 14.9. The van der Waals surface area contributed by atoms with E-state index >= 15 is 0 Å². The molecule has 31 heavy (non-hydrogen) atoms. The number of rotatable bonds is 7. The molecule has 2 aromatic rings. The van der Waals surface area contributed by atoms with Gasteiger partial charge in [-0.15, -0.1) is 11.7 Å². The quantitative estimate of drug-likeness (QED) is 0.451. The monoisotopic (exact) mass is 442 g/mol. The number of hydrogen-bond donors (Lipinski definition) is 3. The average Bonchev–Trinajstić information content (AvgIpc) is 3.03. The molecule has 1 saturated heterocycles. The van der Waals surface area contributed by atoms with Gasteiger partial charge in [0.2, 0.25) is 11.8 Å². The van der Waals surface area contributed by atoms with Gasteiger partial charge in [0.05, 0.1) is 5.56 Å². The van der Waals surface area contributed by atoms with Crippen molar-refractivity contribution in [2.75, 3.05) is 11.9 Å². The molecule has 0 radical (unpaired) electrons. The number of amidine groups is 1. The minimum Gasteiger partial charge on any atom is -0.507 e. The summed E-state index contributed by atoms with van der Waals surface area (Å²) in [5.41, 5.74) is 2.76. The zero-order chi connectivity index (χ0) is 22.4. The van der Waals surface area contributed by atoms with Gasteiger partial charge >= 0.3 is 0 Å². The number of phenols is 1. The number of halogens is 1. The van der Waals surface area contributed by atoms with E-state index in [1.54, 1.807) is 12.1 Å². The largest absolute Gasteiger partial charge is 0.507 e. The molecule has 1 heterocycles. The van der Waals surface area contributed by atoms with E-state index in [4.69, 9.17) is 0 Å². The normalized spacial score (nSPS) is 16.9. The number of benzene rings is 2. The Kier molecular flexibility index (Phi) is 7.03. The predicted octanol–water partition coefficient (Wildman–Crippen LogP) is 2.69. The first kappa shape index (κ1) is 22.0. The number of carbonyl (C=O) groups is 3. The van der Waals surface area contributed by atoms with E-state index < -0.39 is 22.9 Å². The highest BCUT2D eigenvalue weighted by Gasteiger charge is 2.39. The van der Waals surface area contributed by atoms with E-state index in [-0.39, 0.29) is 35.4 Å². The molecule has 3 amide bonds. The minimum absolute atomic E-state index is 0.0340. The maximum absolute atomic E-state index is 13.0. The van der Waals surface area contributed by atoms with Crippen LogP contribution < -0.4 is 10.7 Å². The molecule has 0 saturated carbocycles. The highest BCUT2D eigenvalue weighted by molar-refractivity contribution is 8.15. The maximum atomic E-state index is 13.0. The third kappa shape index (κ3) is 5.48. The van der Waals surface area contributed by atoms with E-state index in [2.05, 4.69) is 22.4 Å². The first-order valence-electron chi connectivity index (χ1n) is 9.19. The van der Waals surface area contributed by atoms with Crippen molar-refractivity contribution in [3.05, 3.63) is 72.6 Å².